The zero-order chi connectivity index (χ0) is 16.2. The number of likely N-dealkylation sites (tertiary alicyclic amines) is 1. The fraction of sp³-hybridized carbons (Fsp3) is 0.278. The summed E-state index contributed by atoms with van der Waals surface area (Å²) in [6, 6.07) is 15.6. The summed E-state index contributed by atoms with van der Waals surface area (Å²) in [5, 5.41) is 0.626. The number of rotatable bonds is 4. The molecule has 1 amide bonds. The Bertz CT molecular complexity index is 693. The average molecular weight is 395 g/mol. The van der Waals surface area contributed by atoms with Crippen molar-refractivity contribution in [2.24, 2.45) is 0 Å². The molecule has 0 unspecified atom stereocenters. The molecular weight excluding hydrogens is 378 g/mol. The molecule has 0 spiro atoms. The van der Waals surface area contributed by atoms with E-state index < -0.39 is 0 Å². The fourth-order valence-electron chi connectivity index (χ4n) is 2.81. The number of hydrogen-bond donors (Lipinski definition) is 0. The van der Waals surface area contributed by atoms with Crippen LogP contribution in [-0.2, 0) is 4.79 Å². The molecule has 5 heteroatoms. The van der Waals surface area contributed by atoms with Crippen LogP contribution in [0.1, 0.15) is 17.9 Å². The third-order valence-electron chi connectivity index (χ3n) is 4.06. The number of nitrogens with zero attached hydrogens (tertiary/aromatic N) is 1. The van der Waals surface area contributed by atoms with Crippen LogP contribution in [0.25, 0.3) is 0 Å². The molecule has 0 N–H and O–H groups in total. The summed E-state index contributed by atoms with van der Waals surface area (Å²) in [7, 11) is 0. The highest BCUT2D eigenvalue weighted by molar-refractivity contribution is 9.10. The summed E-state index contributed by atoms with van der Waals surface area (Å²) in [5.74, 6) is 1.06. The quantitative estimate of drug-likeness (QED) is 0.764. The predicted octanol–water partition coefficient (Wildman–Crippen LogP) is 4.50. The van der Waals surface area contributed by atoms with Crippen molar-refractivity contribution >= 4 is 33.4 Å². The van der Waals surface area contributed by atoms with Gasteiger partial charge in [-0.2, -0.15) is 0 Å². The molecule has 1 aliphatic heterocycles. The molecule has 1 fully saturated rings. The minimum atomic E-state index is 0.0188. The Balaban J connectivity index is 1.55. The summed E-state index contributed by atoms with van der Waals surface area (Å²) in [5.41, 5.74) is 1.30. The van der Waals surface area contributed by atoms with Crippen molar-refractivity contribution in [3.8, 4) is 5.75 Å². The SMILES string of the molecule is O=C(COc1ccc(Cl)cc1Br)N1CC[C@@H](c2ccccc2)C1. The highest BCUT2D eigenvalue weighted by atomic mass is 79.9. The van der Waals surface area contributed by atoms with E-state index in [1.54, 1.807) is 18.2 Å². The number of carbonyl (C=O) groups is 1. The van der Waals surface area contributed by atoms with Crippen molar-refractivity contribution < 1.29 is 9.53 Å². The zero-order valence-corrected chi connectivity index (χ0v) is 14.9. The van der Waals surface area contributed by atoms with E-state index in [1.165, 1.54) is 5.56 Å². The van der Waals surface area contributed by atoms with Crippen LogP contribution in [-0.4, -0.2) is 30.5 Å². The fourth-order valence-corrected chi connectivity index (χ4v) is 3.60. The molecular formula is C18H17BrClNO2. The summed E-state index contributed by atoms with van der Waals surface area (Å²) in [4.78, 5) is 14.2. The Morgan fingerprint density at radius 1 is 1.26 bits per heavy atom. The molecule has 2 aromatic rings. The number of benzene rings is 2. The predicted molar refractivity (Wildman–Crippen MR) is 95.0 cm³/mol. The average Bonchev–Trinajstić information content (AvgIpc) is 3.05. The highest BCUT2D eigenvalue weighted by Crippen LogP contribution is 2.29. The lowest BCUT2D eigenvalue weighted by atomic mass is 9.99. The maximum Gasteiger partial charge on any atom is 0.260 e. The van der Waals surface area contributed by atoms with Gasteiger partial charge in [-0.05, 0) is 46.1 Å². The first-order valence-corrected chi connectivity index (χ1v) is 8.71. The van der Waals surface area contributed by atoms with Crippen LogP contribution in [0.5, 0.6) is 5.75 Å². The molecule has 23 heavy (non-hydrogen) atoms. The van der Waals surface area contributed by atoms with Gasteiger partial charge in [0.05, 0.1) is 4.47 Å². The van der Waals surface area contributed by atoms with Gasteiger partial charge in [0.1, 0.15) is 5.75 Å². The zero-order valence-electron chi connectivity index (χ0n) is 12.5. The lowest BCUT2D eigenvalue weighted by Gasteiger charge is -2.17. The number of halogens is 2. The molecule has 2 aromatic carbocycles. The van der Waals surface area contributed by atoms with Crippen LogP contribution < -0.4 is 4.74 Å². The van der Waals surface area contributed by atoms with Crippen molar-refractivity contribution in [2.45, 2.75) is 12.3 Å². The standard InChI is InChI=1S/C18H17BrClNO2/c19-16-10-15(20)6-7-17(16)23-12-18(22)21-9-8-14(11-21)13-4-2-1-3-5-13/h1-7,10,14H,8-9,11-12H2/t14-/m1/s1. The van der Waals surface area contributed by atoms with Crippen molar-refractivity contribution in [1.82, 2.24) is 4.90 Å². The minimum absolute atomic E-state index is 0.0188. The monoisotopic (exact) mass is 393 g/mol. The summed E-state index contributed by atoms with van der Waals surface area (Å²) in [6.07, 6.45) is 1.00. The smallest absolute Gasteiger partial charge is 0.260 e. The first kappa shape index (κ1) is 16.3. The van der Waals surface area contributed by atoms with Crippen molar-refractivity contribution in [3.63, 3.8) is 0 Å². The van der Waals surface area contributed by atoms with Crippen LogP contribution in [0.15, 0.2) is 53.0 Å². The summed E-state index contributed by atoms with van der Waals surface area (Å²) in [6.45, 7) is 1.58. The maximum absolute atomic E-state index is 12.3. The molecule has 0 bridgehead atoms. The lowest BCUT2D eigenvalue weighted by molar-refractivity contribution is -0.132. The van der Waals surface area contributed by atoms with E-state index in [4.69, 9.17) is 16.3 Å². The second-order valence-electron chi connectivity index (χ2n) is 5.60. The van der Waals surface area contributed by atoms with Gasteiger partial charge in [0.2, 0.25) is 0 Å². The van der Waals surface area contributed by atoms with E-state index in [1.807, 2.05) is 23.1 Å². The first-order chi connectivity index (χ1) is 11.1. The number of hydrogen-bond acceptors (Lipinski definition) is 2. The number of ether oxygens (including phenoxy) is 1. The molecule has 0 aromatic heterocycles. The second-order valence-corrected chi connectivity index (χ2v) is 6.89. The van der Waals surface area contributed by atoms with Crippen LogP contribution in [0.3, 0.4) is 0 Å². The Hall–Kier alpha value is -1.52. The van der Waals surface area contributed by atoms with E-state index in [0.717, 1.165) is 24.0 Å². The summed E-state index contributed by atoms with van der Waals surface area (Å²) >= 11 is 9.28. The van der Waals surface area contributed by atoms with Gasteiger partial charge in [0.15, 0.2) is 6.61 Å². The van der Waals surface area contributed by atoms with Crippen LogP contribution in [0, 0.1) is 0 Å². The molecule has 3 rings (SSSR count). The lowest BCUT2D eigenvalue weighted by Crippen LogP contribution is -2.32. The normalized spacial score (nSPS) is 17.3. The Morgan fingerprint density at radius 2 is 2.04 bits per heavy atom. The molecule has 0 saturated carbocycles. The van der Waals surface area contributed by atoms with E-state index >= 15 is 0 Å². The van der Waals surface area contributed by atoms with Gasteiger partial charge in [-0.15, -0.1) is 0 Å². The third-order valence-corrected chi connectivity index (χ3v) is 4.91. The molecule has 1 atom stereocenters. The van der Waals surface area contributed by atoms with E-state index in [0.29, 0.717) is 16.7 Å². The molecule has 1 heterocycles. The van der Waals surface area contributed by atoms with Crippen LogP contribution >= 0.6 is 27.5 Å². The third kappa shape index (κ3) is 4.06. The van der Waals surface area contributed by atoms with Gasteiger partial charge in [-0.1, -0.05) is 41.9 Å². The van der Waals surface area contributed by atoms with Crippen molar-refractivity contribution in [1.29, 1.82) is 0 Å². The van der Waals surface area contributed by atoms with E-state index in [-0.39, 0.29) is 12.5 Å². The van der Waals surface area contributed by atoms with Gasteiger partial charge in [-0.3, -0.25) is 4.79 Å². The topological polar surface area (TPSA) is 29.5 Å². The van der Waals surface area contributed by atoms with Gasteiger partial charge in [-0.25, -0.2) is 0 Å². The highest BCUT2D eigenvalue weighted by Gasteiger charge is 2.27. The van der Waals surface area contributed by atoms with Gasteiger partial charge in [0.25, 0.3) is 5.91 Å². The van der Waals surface area contributed by atoms with Gasteiger partial charge in [0, 0.05) is 24.0 Å². The Labute approximate surface area is 149 Å². The summed E-state index contributed by atoms with van der Waals surface area (Å²) < 4.78 is 6.36. The molecule has 1 saturated heterocycles. The van der Waals surface area contributed by atoms with Gasteiger partial charge >= 0.3 is 0 Å². The van der Waals surface area contributed by atoms with Crippen LogP contribution in [0.4, 0.5) is 0 Å². The molecule has 0 radical (unpaired) electrons. The van der Waals surface area contributed by atoms with Crippen molar-refractivity contribution in [2.75, 3.05) is 19.7 Å². The second kappa shape index (κ2) is 7.37. The number of carbonyl (C=O) groups excluding carboxylic acids is 1. The molecule has 0 aliphatic carbocycles. The molecule has 120 valence electrons. The van der Waals surface area contributed by atoms with Crippen LogP contribution in [0.2, 0.25) is 5.02 Å². The molecule has 1 aliphatic rings. The Morgan fingerprint density at radius 3 is 2.78 bits per heavy atom. The molecule has 3 nitrogen and oxygen atoms in total. The van der Waals surface area contributed by atoms with E-state index in [2.05, 4.69) is 28.1 Å². The van der Waals surface area contributed by atoms with E-state index in [9.17, 15) is 4.79 Å². The van der Waals surface area contributed by atoms with Gasteiger partial charge < -0.3 is 9.64 Å². The largest absolute Gasteiger partial charge is 0.483 e. The van der Waals surface area contributed by atoms with Crippen molar-refractivity contribution in [3.05, 3.63) is 63.6 Å². The minimum Gasteiger partial charge on any atom is -0.483 e. The number of amides is 1. The first-order valence-electron chi connectivity index (χ1n) is 7.54. The Kier molecular flexibility index (Phi) is 5.23. The maximum atomic E-state index is 12.3.